The molecule has 0 aromatic heterocycles. The molecular weight excluding hydrogens is 232 g/mol. The Morgan fingerprint density at radius 3 is 2.88 bits per heavy atom. The van der Waals surface area contributed by atoms with Crippen LogP contribution in [0.5, 0.6) is 11.5 Å². The molecule has 0 aliphatic heterocycles. The van der Waals surface area contributed by atoms with E-state index in [0.29, 0.717) is 10.6 Å². The number of hydrogen-bond donors (Lipinski definition) is 2. The van der Waals surface area contributed by atoms with Crippen molar-refractivity contribution in [3.63, 3.8) is 0 Å². The molecule has 1 rings (SSSR count). The highest BCUT2D eigenvalue weighted by atomic mass is 35.5. The first-order valence-corrected chi connectivity index (χ1v) is 4.78. The molecule has 0 atom stereocenters. The average Bonchev–Trinajstić information content (AvgIpc) is 2.22. The zero-order chi connectivity index (χ0) is 12.1. The van der Waals surface area contributed by atoms with Crippen molar-refractivity contribution in [2.45, 2.75) is 6.92 Å². The van der Waals surface area contributed by atoms with Crippen molar-refractivity contribution in [1.82, 2.24) is 5.43 Å². The molecule has 0 saturated heterocycles. The highest BCUT2D eigenvalue weighted by Crippen LogP contribution is 2.32. The molecule has 0 radical (unpaired) electrons. The van der Waals surface area contributed by atoms with Crippen molar-refractivity contribution in [2.75, 3.05) is 7.11 Å². The molecule has 5 nitrogen and oxygen atoms in total. The van der Waals surface area contributed by atoms with Crippen molar-refractivity contribution < 1.29 is 14.6 Å². The Labute approximate surface area is 97.7 Å². The largest absolute Gasteiger partial charge is 0.504 e. The number of halogens is 1. The number of hydrogen-bond acceptors (Lipinski definition) is 4. The normalized spacial score (nSPS) is 10.4. The number of ether oxygens (including phenoxy) is 1. The molecule has 86 valence electrons. The molecule has 0 aliphatic rings. The van der Waals surface area contributed by atoms with Crippen molar-refractivity contribution in [2.24, 2.45) is 5.10 Å². The summed E-state index contributed by atoms with van der Waals surface area (Å²) in [6.45, 7) is 1.33. The van der Waals surface area contributed by atoms with E-state index in [1.807, 2.05) is 0 Å². The average molecular weight is 243 g/mol. The molecule has 0 heterocycles. The molecule has 0 bridgehead atoms. The second kappa shape index (κ2) is 5.37. The monoisotopic (exact) mass is 242 g/mol. The molecule has 1 amide bonds. The number of aromatic hydroxyl groups is 1. The first kappa shape index (κ1) is 12.3. The van der Waals surface area contributed by atoms with Gasteiger partial charge in [-0.2, -0.15) is 5.10 Å². The summed E-state index contributed by atoms with van der Waals surface area (Å²) in [5.41, 5.74) is 2.57. The van der Waals surface area contributed by atoms with Gasteiger partial charge in [0, 0.05) is 23.6 Å². The van der Waals surface area contributed by atoms with Crippen LogP contribution < -0.4 is 10.2 Å². The number of benzene rings is 1. The number of carbonyl (C=O) groups is 1. The maximum atomic E-state index is 10.6. The van der Waals surface area contributed by atoms with Crippen molar-refractivity contribution in [3.8, 4) is 11.5 Å². The maximum Gasteiger partial charge on any atom is 0.236 e. The lowest BCUT2D eigenvalue weighted by Gasteiger charge is -2.06. The van der Waals surface area contributed by atoms with Gasteiger partial charge in [0.2, 0.25) is 5.91 Å². The van der Waals surface area contributed by atoms with Gasteiger partial charge in [-0.3, -0.25) is 4.79 Å². The van der Waals surface area contributed by atoms with Crippen LogP contribution in [0.2, 0.25) is 5.02 Å². The summed E-state index contributed by atoms with van der Waals surface area (Å²) in [7, 11) is 1.42. The third-order valence-corrected chi connectivity index (χ3v) is 1.93. The number of hydrazone groups is 1. The van der Waals surface area contributed by atoms with Gasteiger partial charge in [0.25, 0.3) is 0 Å². The Hall–Kier alpha value is -1.75. The summed E-state index contributed by atoms with van der Waals surface area (Å²) in [6, 6.07) is 2.98. The highest BCUT2D eigenvalue weighted by molar-refractivity contribution is 6.31. The van der Waals surface area contributed by atoms with Gasteiger partial charge in [-0.15, -0.1) is 0 Å². The van der Waals surface area contributed by atoms with Gasteiger partial charge in [-0.25, -0.2) is 5.43 Å². The lowest BCUT2D eigenvalue weighted by atomic mass is 10.2. The Balaban J connectivity index is 2.99. The number of amides is 1. The van der Waals surface area contributed by atoms with Crippen LogP contribution in [0, 0.1) is 0 Å². The van der Waals surface area contributed by atoms with Gasteiger partial charge in [-0.05, 0) is 6.07 Å². The van der Waals surface area contributed by atoms with Crippen LogP contribution in [0.1, 0.15) is 12.5 Å². The van der Waals surface area contributed by atoms with Gasteiger partial charge < -0.3 is 9.84 Å². The van der Waals surface area contributed by atoms with E-state index in [2.05, 4.69) is 10.5 Å². The van der Waals surface area contributed by atoms with Crippen LogP contribution in [0.3, 0.4) is 0 Å². The van der Waals surface area contributed by atoms with E-state index in [4.69, 9.17) is 16.3 Å². The Morgan fingerprint density at radius 2 is 2.31 bits per heavy atom. The minimum Gasteiger partial charge on any atom is -0.504 e. The molecule has 0 spiro atoms. The summed E-state index contributed by atoms with van der Waals surface area (Å²) in [5, 5.41) is 13.7. The van der Waals surface area contributed by atoms with Crippen LogP contribution >= 0.6 is 11.6 Å². The maximum absolute atomic E-state index is 10.6. The summed E-state index contributed by atoms with van der Waals surface area (Å²) < 4.78 is 4.91. The Morgan fingerprint density at radius 1 is 1.62 bits per heavy atom. The fraction of sp³-hybridized carbons (Fsp3) is 0.200. The van der Waals surface area contributed by atoms with Gasteiger partial charge in [-0.1, -0.05) is 11.6 Å². The number of methoxy groups -OCH3 is 1. The first-order chi connectivity index (χ1) is 7.54. The third kappa shape index (κ3) is 3.13. The smallest absolute Gasteiger partial charge is 0.236 e. The molecule has 1 aromatic rings. The molecule has 1 aromatic carbocycles. The highest BCUT2D eigenvalue weighted by Gasteiger charge is 2.08. The van der Waals surface area contributed by atoms with E-state index in [1.54, 1.807) is 0 Å². The third-order valence-electron chi connectivity index (χ3n) is 1.71. The fourth-order valence-electron chi connectivity index (χ4n) is 1.04. The number of phenolic OH excluding ortho intramolecular Hbond substituents is 1. The summed E-state index contributed by atoms with van der Waals surface area (Å²) in [6.07, 6.45) is 1.28. The minimum absolute atomic E-state index is 0.0824. The first-order valence-electron chi connectivity index (χ1n) is 4.40. The van der Waals surface area contributed by atoms with Crippen LogP contribution in [0.15, 0.2) is 17.2 Å². The number of phenols is 1. The molecular formula is C10H11ClN2O3. The SMILES string of the molecule is COc1cc(Cl)cc(/C=N\NC(C)=O)c1O. The number of rotatable bonds is 3. The van der Waals surface area contributed by atoms with Crippen molar-refractivity contribution in [1.29, 1.82) is 0 Å². The standard InChI is InChI=1S/C10H11ClN2O3/c1-6(14)13-12-5-7-3-8(11)4-9(16-2)10(7)15/h3-5,15H,1-2H3,(H,13,14)/b12-5-. The predicted octanol–water partition coefficient (Wildman–Crippen LogP) is 1.52. The molecule has 0 aliphatic carbocycles. The minimum atomic E-state index is -0.301. The predicted molar refractivity (Wildman–Crippen MR) is 61.1 cm³/mol. The second-order valence-corrected chi connectivity index (χ2v) is 3.41. The van der Waals surface area contributed by atoms with Crippen LogP contribution in [0.25, 0.3) is 0 Å². The molecule has 2 N–H and O–H groups in total. The van der Waals surface area contributed by atoms with Crippen LogP contribution in [-0.2, 0) is 4.79 Å². The van der Waals surface area contributed by atoms with Crippen LogP contribution in [0.4, 0.5) is 0 Å². The zero-order valence-corrected chi connectivity index (χ0v) is 9.58. The number of nitrogens with one attached hydrogen (secondary N) is 1. The van der Waals surface area contributed by atoms with Crippen LogP contribution in [-0.4, -0.2) is 24.3 Å². The van der Waals surface area contributed by atoms with E-state index in [1.165, 1.54) is 32.4 Å². The summed E-state index contributed by atoms with van der Waals surface area (Å²) >= 11 is 5.80. The van der Waals surface area contributed by atoms with Crippen molar-refractivity contribution >= 4 is 23.7 Å². The Bertz CT molecular complexity index is 432. The van der Waals surface area contributed by atoms with E-state index < -0.39 is 0 Å². The lowest BCUT2D eigenvalue weighted by molar-refractivity contribution is -0.118. The van der Waals surface area contributed by atoms with E-state index in [9.17, 15) is 9.90 Å². The van der Waals surface area contributed by atoms with Gasteiger partial charge in [0.15, 0.2) is 11.5 Å². The topological polar surface area (TPSA) is 70.9 Å². The quantitative estimate of drug-likeness (QED) is 0.624. The lowest BCUT2D eigenvalue weighted by Crippen LogP contribution is -2.12. The Kier molecular flexibility index (Phi) is 4.13. The van der Waals surface area contributed by atoms with E-state index in [-0.39, 0.29) is 17.4 Å². The van der Waals surface area contributed by atoms with E-state index in [0.717, 1.165) is 0 Å². The summed E-state index contributed by atoms with van der Waals surface area (Å²) in [5.74, 6) is -0.137. The van der Waals surface area contributed by atoms with Gasteiger partial charge in [0.1, 0.15) is 0 Å². The number of nitrogens with zero attached hydrogens (tertiary/aromatic N) is 1. The van der Waals surface area contributed by atoms with Gasteiger partial charge in [0.05, 0.1) is 13.3 Å². The fourth-order valence-corrected chi connectivity index (χ4v) is 1.26. The van der Waals surface area contributed by atoms with E-state index >= 15 is 0 Å². The summed E-state index contributed by atoms with van der Waals surface area (Å²) in [4.78, 5) is 10.6. The second-order valence-electron chi connectivity index (χ2n) is 2.97. The molecule has 16 heavy (non-hydrogen) atoms. The number of carbonyl (C=O) groups excluding carboxylic acids is 1. The molecule has 0 unspecified atom stereocenters. The van der Waals surface area contributed by atoms with Gasteiger partial charge >= 0.3 is 0 Å². The molecule has 0 saturated carbocycles. The molecule has 0 fully saturated rings. The zero-order valence-electron chi connectivity index (χ0n) is 8.82. The molecule has 6 heteroatoms. The van der Waals surface area contributed by atoms with Crippen molar-refractivity contribution in [3.05, 3.63) is 22.7 Å².